The predicted octanol–water partition coefficient (Wildman–Crippen LogP) is 6.95. The third-order valence-corrected chi connectivity index (χ3v) is 5.85. The Balaban J connectivity index is 2.67. The van der Waals surface area contributed by atoms with Crippen molar-refractivity contribution in [3.05, 3.63) is 34.4 Å². The van der Waals surface area contributed by atoms with Crippen molar-refractivity contribution in [3.8, 4) is 6.07 Å². The van der Waals surface area contributed by atoms with Crippen LogP contribution in [0.3, 0.4) is 0 Å². The fraction of sp³-hybridized carbons (Fsp3) is 0.667. The van der Waals surface area contributed by atoms with Gasteiger partial charge in [-0.05, 0) is 64.2 Å². The van der Waals surface area contributed by atoms with Crippen molar-refractivity contribution < 1.29 is 0 Å². The summed E-state index contributed by atoms with van der Waals surface area (Å²) in [7, 11) is 0. The minimum Gasteiger partial charge on any atom is -0.198 e. The van der Waals surface area contributed by atoms with E-state index in [9.17, 15) is 0 Å². The van der Waals surface area contributed by atoms with Crippen LogP contribution >= 0.6 is 11.6 Å². The first-order valence-electron chi connectivity index (χ1n) is 8.76. The van der Waals surface area contributed by atoms with Crippen LogP contribution in [0.25, 0.3) is 0 Å². The first-order chi connectivity index (χ1) is 10.8. The SMILES string of the molecule is CC1=C(CC#N)C(C)(C)C(C/C=C(\C)CC/C=C(\C)CCl)CC1. The molecule has 128 valence electrons. The molecule has 1 aliphatic rings. The van der Waals surface area contributed by atoms with Crippen molar-refractivity contribution in [2.24, 2.45) is 11.3 Å². The Morgan fingerprint density at radius 2 is 2.00 bits per heavy atom. The van der Waals surface area contributed by atoms with Crippen LogP contribution in [0, 0.1) is 22.7 Å². The summed E-state index contributed by atoms with van der Waals surface area (Å²) in [5, 5.41) is 9.12. The number of nitriles is 1. The summed E-state index contributed by atoms with van der Waals surface area (Å²) >= 11 is 5.80. The Bertz CT molecular complexity index is 529. The molecule has 0 spiro atoms. The van der Waals surface area contributed by atoms with E-state index in [0.717, 1.165) is 25.7 Å². The van der Waals surface area contributed by atoms with E-state index in [1.807, 2.05) is 0 Å². The highest BCUT2D eigenvalue weighted by atomic mass is 35.5. The van der Waals surface area contributed by atoms with Crippen LogP contribution in [0.1, 0.15) is 73.1 Å². The molecule has 0 aromatic rings. The van der Waals surface area contributed by atoms with Crippen LogP contribution < -0.4 is 0 Å². The number of allylic oxidation sites excluding steroid dienone is 6. The highest BCUT2D eigenvalue weighted by Gasteiger charge is 2.36. The molecule has 0 fully saturated rings. The number of hydrogen-bond acceptors (Lipinski definition) is 1. The maximum atomic E-state index is 9.12. The average molecular weight is 334 g/mol. The van der Waals surface area contributed by atoms with E-state index in [0.29, 0.717) is 18.2 Å². The maximum Gasteiger partial charge on any atom is 0.0666 e. The summed E-state index contributed by atoms with van der Waals surface area (Å²) in [4.78, 5) is 0. The minimum absolute atomic E-state index is 0.143. The predicted molar refractivity (Wildman–Crippen MR) is 102 cm³/mol. The lowest BCUT2D eigenvalue weighted by molar-refractivity contribution is 0.227. The minimum atomic E-state index is 0.143. The zero-order valence-electron chi connectivity index (χ0n) is 15.5. The van der Waals surface area contributed by atoms with Crippen molar-refractivity contribution in [3.63, 3.8) is 0 Å². The lowest BCUT2D eigenvalue weighted by Gasteiger charge is -2.41. The van der Waals surface area contributed by atoms with Crippen molar-refractivity contribution in [2.45, 2.75) is 73.1 Å². The van der Waals surface area contributed by atoms with Gasteiger partial charge in [0.05, 0.1) is 12.5 Å². The van der Waals surface area contributed by atoms with Gasteiger partial charge in [0.1, 0.15) is 0 Å². The van der Waals surface area contributed by atoms with Gasteiger partial charge >= 0.3 is 0 Å². The quantitative estimate of drug-likeness (QED) is 0.365. The number of hydrogen-bond donors (Lipinski definition) is 0. The first kappa shape index (κ1) is 20.0. The molecule has 0 aromatic carbocycles. The van der Waals surface area contributed by atoms with Crippen molar-refractivity contribution in [1.29, 1.82) is 5.26 Å². The summed E-state index contributed by atoms with van der Waals surface area (Å²) in [5.41, 5.74) is 5.68. The van der Waals surface area contributed by atoms with E-state index in [1.165, 1.54) is 28.7 Å². The van der Waals surface area contributed by atoms with Crippen LogP contribution in [-0.4, -0.2) is 5.88 Å². The van der Waals surface area contributed by atoms with E-state index < -0.39 is 0 Å². The van der Waals surface area contributed by atoms with E-state index in [4.69, 9.17) is 16.9 Å². The molecule has 23 heavy (non-hydrogen) atoms. The standard InChI is InChI=1S/C21H32ClN/c1-16(7-6-8-17(2)15-22)9-11-19-12-10-18(3)20(13-14-23)21(19,4)5/h8-9,19H,6-7,10-13,15H2,1-5H3/b16-9+,17-8+. The van der Waals surface area contributed by atoms with Crippen LogP contribution in [0.2, 0.25) is 0 Å². The molecule has 0 heterocycles. The summed E-state index contributed by atoms with van der Waals surface area (Å²) in [6.45, 7) is 11.2. The maximum absolute atomic E-state index is 9.12. The lowest BCUT2D eigenvalue weighted by atomic mass is 9.63. The second kappa shape index (κ2) is 9.33. The van der Waals surface area contributed by atoms with Crippen LogP contribution in [0.4, 0.5) is 0 Å². The van der Waals surface area contributed by atoms with Crippen molar-refractivity contribution in [2.75, 3.05) is 5.88 Å². The fourth-order valence-corrected chi connectivity index (χ4v) is 3.72. The molecule has 0 N–H and O–H groups in total. The molecule has 0 aliphatic heterocycles. The molecular weight excluding hydrogens is 302 g/mol. The second-order valence-corrected chi connectivity index (χ2v) is 7.83. The number of rotatable bonds is 7. The number of nitrogens with zero attached hydrogens (tertiary/aromatic N) is 1. The monoisotopic (exact) mass is 333 g/mol. The third kappa shape index (κ3) is 5.85. The molecule has 1 aliphatic carbocycles. The van der Waals surface area contributed by atoms with Gasteiger partial charge in [0.2, 0.25) is 0 Å². The summed E-state index contributed by atoms with van der Waals surface area (Å²) < 4.78 is 0. The van der Waals surface area contributed by atoms with Crippen LogP contribution in [0.5, 0.6) is 0 Å². The summed E-state index contributed by atoms with van der Waals surface area (Å²) in [6, 6.07) is 2.36. The van der Waals surface area contributed by atoms with Crippen molar-refractivity contribution >= 4 is 11.6 Å². The Hall–Kier alpha value is -1.00. The lowest BCUT2D eigenvalue weighted by Crippen LogP contribution is -2.30. The van der Waals surface area contributed by atoms with Crippen molar-refractivity contribution in [1.82, 2.24) is 0 Å². The van der Waals surface area contributed by atoms with Crippen LogP contribution in [0.15, 0.2) is 34.4 Å². The average Bonchev–Trinajstić information content (AvgIpc) is 2.50. The fourth-order valence-electron chi connectivity index (χ4n) is 3.62. The number of alkyl halides is 1. The van der Waals surface area contributed by atoms with E-state index in [1.54, 1.807) is 0 Å². The Morgan fingerprint density at radius 1 is 1.30 bits per heavy atom. The Morgan fingerprint density at radius 3 is 2.61 bits per heavy atom. The normalized spacial score (nSPS) is 22.2. The van der Waals surface area contributed by atoms with Gasteiger partial charge < -0.3 is 0 Å². The van der Waals surface area contributed by atoms with Gasteiger partial charge in [-0.3, -0.25) is 0 Å². The van der Waals surface area contributed by atoms with Gasteiger partial charge in [-0.1, -0.05) is 48.3 Å². The van der Waals surface area contributed by atoms with Gasteiger partial charge in [-0.15, -0.1) is 11.6 Å². The van der Waals surface area contributed by atoms with Gasteiger partial charge in [0.15, 0.2) is 0 Å². The van der Waals surface area contributed by atoms with E-state index in [-0.39, 0.29) is 5.41 Å². The van der Waals surface area contributed by atoms with Gasteiger partial charge in [0.25, 0.3) is 0 Å². The third-order valence-electron chi connectivity index (χ3n) is 5.43. The molecule has 0 amide bonds. The molecule has 2 heteroatoms. The molecular formula is C21H32ClN. The Labute approximate surface area is 148 Å². The molecule has 1 unspecified atom stereocenters. The largest absolute Gasteiger partial charge is 0.198 e. The molecule has 1 atom stereocenters. The van der Waals surface area contributed by atoms with Gasteiger partial charge in [0, 0.05) is 5.88 Å². The number of halogens is 1. The van der Waals surface area contributed by atoms with Gasteiger partial charge in [-0.25, -0.2) is 0 Å². The second-order valence-electron chi connectivity index (χ2n) is 7.56. The molecule has 0 radical (unpaired) electrons. The zero-order chi connectivity index (χ0) is 17.5. The first-order valence-corrected chi connectivity index (χ1v) is 9.29. The smallest absolute Gasteiger partial charge is 0.0666 e. The molecule has 1 nitrogen and oxygen atoms in total. The van der Waals surface area contributed by atoms with E-state index >= 15 is 0 Å². The summed E-state index contributed by atoms with van der Waals surface area (Å²) in [6.07, 6.45) is 10.9. The Kier molecular flexibility index (Phi) is 8.13. The topological polar surface area (TPSA) is 23.8 Å². The van der Waals surface area contributed by atoms with Gasteiger partial charge in [-0.2, -0.15) is 5.26 Å². The highest BCUT2D eigenvalue weighted by molar-refractivity contribution is 6.19. The molecule has 0 aromatic heterocycles. The summed E-state index contributed by atoms with van der Waals surface area (Å²) in [5.74, 6) is 1.27. The molecule has 1 rings (SSSR count). The van der Waals surface area contributed by atoms with Crippen LogP contribution in [-0.2, 0) is 0 Å². The molecule has 0 saturated heterocycles. The van der Waals surface area contributed by atoms with E-state index in [2.05, 4.69) is 52.8 Å². The molecule has 0 bridgehead atoms. The molecule has 0 saturated carbocycles. The highest BCUT2D eigenvalue weighted by Crippen LogP contribution is 2.47. The zero-order valence-corrected chi connectivity index (χ0v) is 16.3.